The molecule has 1 aromatic heterocycles. The fourth-order valence-corrected chi connectivity index (χ4v) is 2.95. The number of hydrogen-bond acceptors (Lipinski definition) is 6. The second kappa shape index (κ2) is 9.72. The Bertz CT molecular complexity index is 978. The number of rotatable bonds is 10. The summed E-state index contributed by atoms with van der Waals surface area (Å²) in [5, 5.41) is 20.8. The first-order valence-corrected chi connectivity index (χ1v) is 9.16. The molecule has 29 heavy (non-hydrogen) atoms. The van der Waals surface area contributed by atoms with Gasteiger partial charge in [0.2, 0.25) is 0 Å². The van der Waals surface area contributed by atoms with E-state index in [1.54, 1.807) is 19.1 Å². The summed E-state index contributed by atoms with van der Waals surface area (Å²) >= 11 is 0. The monoisotopic (exact) mass is 405 g/mol. The number of carboxylic acid groups (broad SMARTS) is 2. The third-order valence-electron chi connectivity index (χ3n) is 4.36. The van der Waals surface area contributed by atoms with E-state index >= 15 is 0 Å². The number of carbonyl (C=O) groups excluding carboxylic acids is 1. The molecule has 0 aliphatic rings. The molecule has 0 radical (unpaired) electrons. The van der Waals surface area contributed by atoms with Crippen LogP contribution in [0.2, 0.25) is 0 Å². The molecule has 2 aromatic rings. The molecule has 0 bridgehead atoms. The number of aryl methyl sites for hydroxylation is 2. The number of fused-ring (bicyclic) bond motifs is 1. The van der Waals surface area contributed by atoms with Gasteiger partial charge in [-0.15, -0.1) is 0 Å². The number of aliphatic carboxylic acids is 2. The Morgan fingerprint density at radius 2 is 1.97 bits per heavy atom. The molecule has 0 saturated heterocycles. The zero-order valence-electron chi connectivity index (χ0n) is 16.2. The highest BCUT2D eigenvalue weighted by molar-refractivity contribution is 5.86. The SMILES string of the molecule is CCCc1cc(=O)oc2c(C)c(OCC(=O)NC(CCC(=O)O)C(=O)O)ccc12. The molecule has 1 aromatic carbocycles. The van der Waals surface area contributed by atoms with Crippen LogP contribution in [0.25, 0.3) is 11.0 Å². The van der Waals surface area contributed by atoms with Crippen LogP contribution < -0.4 is 15.7 Å². The quantitative estimate of drug-likeness (QED) is 0.508. The molecule has 9 heteroatoms. The molecule has 0 fully saturated rings. The van der Waals surface area contributed by atoms with Crippen molar-refractivity contribution in [3.05, 3.63) is 39.7 Å². The van der Waals surface area contributed by atoms with Gasteiger partial charge in [-0.05, 0) is 37.5 Å². The normalized spacial score (nSPS) is 11.8. The summed E-state index contributed by atoms with van der Waals surface area (Å²) in [6.07, 6.45) is 0.956. The maximum absolute atomic E-state index is 12.0. The van der Waals surface area contributed by atoms with Crippen LogP contribution in [0.4, 0.5) is 0 Å². The summed E-state index contributed by atoms with van der Waals surface area (Å²) in [6.45, 7) is 3.23. The smallest absolute Gasteiger partial charge is 0.336 e. The third kappa shape index (κ3) is 5.81. The lowest BCUT2D eigenvalue weighted by Gasteiger charge is -2.15. The molecule has 9 nitrogen and oxygen atoms in total. The van der Waals surface area contributed by atoms with Crippen LogP contribution in [0.3, 0.4) is 0 Å². The van der Waals surface area contributed by atoms with Crippen LogP contribution in [0.15, 0.2) is 27.4 Å². The molecular formula is C20H23NO8. The van der Waals surface area contributed by atoms with Gasteiger partial charge in [0.1, 0.15) is 17.4 Å². The Labute approximate surface area is 166 Å². The van der Waals surface area contributed by atoms with Crippen molar-refractivity contribution >= 4 is 28.8 Å². The third-order valence-corrected chi connectivity index (χ3v) is 4.36. The van der Waals surface area contributed by atoms with E-state index in [1.807, 2.05) is 6.92 Å². The minimum atomic E-state index is -1.33. The van der Waals surface area contributed by atoms with Gasteiger partial charge in [-0.1, -0.05) is 13.3 Å². The summed E-state index contributed by atoms with van der Waals surface area (Å²) in [5.41, 5.74) is 1.32. The van der Waals surface area contributed by atoms with Crippen molar-refractivity contribution in [3.63, 3.8) is 0 Å². The highest BCUT2D eigenvalue weighted by Crippen LogP contribution is 2.28. The van der Waals surface area contributed by atoms with Crippen LogP contribution >= 0.6 is 0 Å². The highest BCUT2D eigenvalue weighted by Gasteiger charge is 2.21. The summed E-state index contributed by atoms with van der Waals surface area (Å²) in [6, 6.07) is 3.54. The number of amides is 1. The van der Waals surface area contributed by atoms with Gasteiger partial charge >= 0.3 is 17.6 Å². The molecule has 1 heterocycles. The van der Waals surface area contributed by atoms with Crippen LogP contribution in [0, 0.1) is 6.92 Å². The zero-order chi connectivity index (χ0) is 21.6. The maximum Gasteiger partial charge on any atom is 0.336 e. The highest BCUT2D eigenvalue weighted by atomic mass is 16.5. The van der Waals surface area contributed by atoms with Crippen molar-refractivity contribution in [2.75, 3.05) is 6.61 Å². The Balaban J connectivity index is 2.12. The summed E-state index contributed by atoms with van der Waals surface area (Å²) in [5.74, 6) is -2.87. The molecule has 1 amide bonds. The average Bonchev–Trinajstić information content (AvgIpc) is 2.65. The largest absolute Gasteiger partial charge is 0.483 e. The zero-order valence-corrected chi connectivity index (χ0v) is 16.2. The molecular weight excluding hydrogens is 382 g/mol. The van der Waals surface area contributed by atoms with E-state index in [4.69, 9.17) is 19.4 Å². The first-order chi connectivity index (χ1) is 13.7. The summed E-state index contributed by atoms with van der Waals surface area (Å²) < 4.78 is 10.8. The molecule has 2 rings (SSSR count). The minimum Gasteiger partial charge on any atom is -0.483 e. The number of nitrogens with one attached hydrogen (secondary N) is 1. The number of benzene rings is 1. The second-order valence-corrected chi connectivity index (χ2v) is 6.59. The molecule has 0 aliphatic carbocycles. The molecule has 0 saturated carbocycles. The van der Waals surface area contributed by atoms with E-state index < -0.39 is 36.1 Å². The summed E-state index contributed by atoms with van der Waals surface area (Å²) in [4.78, 5) is 45.6. The van der Waals surface area contributed by atoms with Crippen LogP contribution in [0.1, 0.15) is 37.3 Å². The van der Waals surface area contributed by atoms with Crippen molar-refractivity contribution in [1.29, 1.82) is 0 Å². The molecule has 0 spiro atoms. The van der Waals surface area contributed by atoms with Crippen molar-refractivity contribution in [2.24, 2.45) is 0 Å². The van der Waals surface area contributed by atoms with Gasteiger partial charge in [0.25, 0.3) is 5.91 Å². The van der Waals surface area contributed by atoms with Crippen molar-refractivity contribution in [2.45, 2.75) is 45.6 Å². The van der Waals surface area contributed by atoms with Crippen LogP contribution in [-0.2, 0) is 20.8 Å². The van der Waals surface area contributed by atoms with Gasteiger partial charge < -0.3 is 24.7 Å². The van der Waals surface area contributed by atoms with E-state index in [1.165, 1.54) is 6.07 Å². The molecule has 0 aliphatic heterocycles. The first-order valence-electron chi connectivity index (χ1n) is 9.16. The Morgan fingerprint density at radius 3 is 2.59 bits per heavy atom. The topological polar surface area (TPSA) is 143 Å². The lowest BCUT2D eigenvalue weighted by Crippen LogP contribution is -2.43. The van der Waals surface area contributed by atoms with Crippen molar-refractivity contribution in [3.8, 4) is 5.75 Å². The standard InChI is InChI=1S/C20H23NO8/c1-3-4-12-9-18(25)29-19-11(2)15(7-5-13(12)19)28-10-16(22)21-14(20(26)27)6-8-17(23)24/h5,7,9,14H,3-4,6,8,10H2,1-2H3,(H,21,22)(H,23,24)(H,26,27). The summed E-state index contributed by atoms with van der Waals surface area (Å²) in [7, 11) is 0. The van der Waals surface area contributed by atoms with E-state index in [-0.39, 0.29) is 12.8 Å². The average molecular weight is 405 g/mol. The van der Waals surface area contributed by atoms with Crippen LogP contribution in [-0.4, -0.2) is 40.7 Å². The maximum atomic E-state index is 12.0. The van der Waals surface area contributed by atoms with Gasteiger partial charge in [-0.2, -0.15) is 0 Å². The Morgan fingerprint density at radius 1 is 1.24 bits per heavy atom. The predicted octanol–water partition coefficient (Wildman–Crippen LogP) is 1.87. The molecule has 156 valence electrons. The number of carboxylic acids is 2. The lowest BCUT2D eigenvalue weighted by atomic mass is 10.0. The van der Waals surface area contributed by atoms with Crippen LogP contribution in [0.5, 0.6) is 5.75 Å². The van der Waals surface area contributed by atoms with Crippen molar-refractivity contribution < 1.29 is 33.8 Å². The van der Waals surface area contributed by atoms with Gasteiger partial charge in [-0.25, -0.2) is 9.59 Å². The molecule has 3 N–H and O–H groups in total. The number of carbonyl (C=O) groups is 3. The fraction of sp³-hybridized carbons (Fsp3) is 0.400. The van der Waals surface area contributed by atoms with Gasteiger partial charge in [0, 0.05) is 23.4 Å². The van der Waals surface area contributed by atoms with Crippen molar-refractivity contribution in [1.82, 2.24) is 5.32 Å². The van der Waals surface area contributed by atoms with Gasteiger partial charge in [0.15, 0.2) is 6.61 Å². The fourth-order valence-electron chi connectivity index (χ4n) is 2.95. The predicted molar refractivity (Wildman–Crippen MR) is 103 cm³/mol. The van der Waals surface area contributed by atoms with Gasteiger partial charge in [-0.3, -0.25) is 9.59 Å². The van der Waals surface area contributed by atoms with E-state index in [0.29, 0.717) is 16.9 Å². The second-order valence-electron chi connectivity index (χ2n) is 6.59. The first kappa shape index (κ1) is 21.9. The van der Waals surface area contributed by atoms with Gasteiger partial charge in [0.05, 0.1) is 0 Å². The molecule has 1 atom stereocenters. The van der Waals surface area contributed by atoms with E-state index in [0.717, 1.165) is 23.8 Å². The lowest BCUT2D eigenvalue weighted by molar-refractivity contribution is -0.143. The Kier molecular flexibility index (Phi) is 7.35. The van der Waals surface area contributed by atoms with E-state index in [9.17, 15) is 19.2 Å². The number of hydrogen-bond donors (Lipinski definition) is 3. The van der Waals surface area contributed by atoms with E-state index in [2.05, 4.69) is 5.32 Å². The number of ether oxygens (including phenoxy) is 1. The molecule has 1 unspecified atom stereocenters. The Hall–Kier alpha value is -3.36. The minimum absolute atomic E-state index is 0.239.